The molecule has 0 unspecified atom stereocenters. The van der Waals surface area contributed by atoms with Gasteiger partial charge in [0.25, 0.3) is 0 Å². The second-order valence-electron chi connectivity index (χ2n) is 2.67. The van der Waals surface area contributed by atoms with Gasteiger partial charge in [-0.25, -0.2) is 4.39 Å². The molecule has 0 aromatic heterocycles. The molecule has 1 aromatic carbocycles. The lowest BCUT2D eigenvalue weighted by Gasteiger charge is -2.11. The van der Waals surface area contributed by atoms with E-state index in [0.29, 0.717) is 0 Å². The van der Waals surface area contributed by atoms with Gasteiger partial charge in [0.05, 0.1) is 11.3 Å². The van der Waals surface area contributed by atoms with E-state index in [9.17, 15) is 17.6 Å². The van der Waals surface area contributed by atoms with Gasteiger partial charge in [-0.15, -0.1) is 11.6 Å². The van der Waals surface area contributed by atoms with Crippen LogP contribution in [-0.4, -0.2) is 0 Å². The Morgan fingerprint density at radius 3 is 2.29 bits per heavy atom. The van der Waals surface area contributed by atoms with Crippen molar-refractivity contribution in [3.8, 4) is 0 Å². The predicted octanol–water partition coefficient (Wildman–Crippen LogP) is 3.17. The van der Waals surface area contributed by atoms with E-state index in [0.717, 1.165) is 12.1 Å². The second kappa shape index (κ2) is 3.65. The van der Waals surface area contributed by atoms with Crippen LogP contribution in [0.4, 0.5) is 23.2 Å². The average molecular weight is 228 g/mol. The first kappa shape index (κ1) is 11.1. The van der Waals surface area contributed by atoms with E-state index in [2.05, 4.69) is 0 Å². The van der Waals surface area contributed by atoms with Crippen LogP contribution in [0, 0.1) is 5.82 Å². The fourth-order valence-electron chi connectivity index (χ4n) is 0.986. The van der Waals surface area contributed by atoms with Crippen LogP contribution in [0.3, 0.4) is 0 Å². The van der Waals surface area contributed by atoms with E-state index in [1.165, 1.54) is 0 Å². The molecule has 0 saturated heterocycles. The third kappa shape index (κ3) is 2.09. The third-order valence-electron chi connectivity index (χ3n) is 1.65. The van der Waals surface area contributed by atoms with Crippen LogP contribution in [0.2, 0.25) is 0 Å². The Kier molecular flexibility index (Phi) is 2.89. The minimum atomic E-state index is -4.66. The van der Waals surface area contributed by atoms with Gasteiger partial charge >= 0.3 is 6.18 Å². The van der Waals surface area contributed by atoms with Crippen molar-refractivity contribution < 1.29 is 17.6 Å². The van der Waals surface area contributed by atoms with Crippen LogP contribution in [-0.2, 0) is 12.1 Å². The quantitative estimate of drug-likeness (QED) is 0.445. The summed E-state index contributed by atoms with van der Waals surface area (Å²) in [5.41, 5.74) is 2.92. The Hall–Kier alpha value is -0.970. The summed E-state index contributed by atoms with van der Waals surface area (Å²) >= 11 is 5.30. The van der Waals surface area contributed by atoms with Crippen LogP contribution in [0.1, 0.15) is 11.1 Å². The van der Waals surface area contributed by atoms with Crippen LogP contribution in [0.15, 0.2) is 12.1 Å². The summed E-state index contributed by atoms with van der Waals surface area (Å²) in [6, 6.07) is 1.63. The molecular formula is C8H6ClF4N. The van der Waals surface area contributed by atoms with Crippen molar-refractivity contribution >= 4 is 17.3 Å². The largest absolute Gasteiger partial charge is 0.418 e. The van der Waals surface area contributed by atoms with Crippen molar-refractivity contribution in [1.82, 2.24) is 0 Å². The molecule has 1 aromatic rings. The lowest BCUT2D eigenvalue weighted by atomic mass is 10.1. The normalized spacial score (nSPS) is 11.8. The van der Waals surface area contributed by atoms with Crippen LogP contribution in [0.25, 0.3) is 0 Å². The Morgan fingerprint density at radius 1 is 1.29 bits per heavy atom. The SMILES string of the molecule is Nc1c(F)cc(CCl)cc1C(F)(F)F. The molecule has 0 amide bonds. The molecule has 0 spiro atoms. The van der Waals surface area contributed by atoms with Crippen molar-refractivity contribution in [3.63, 3.8) is 0 Å². The van der Waals surface area contributed by atoms with Gasteiger partial charge in [0.1, 0.15) is 5.82 Å². The van der Waals surface area contributed by atoms with Gasteiger partial charge in [0, 0.05) is 5.88 Å². The number of nitrogen functional groups attached to an aromatic ring is 1. The summed E-state index contributed by atoms with van der Waals surface area (Å²) in [6.45, 7) is 0. The molecule has 2 N–H and O–H groups in total. The topological polar surface area (TPSA) is 26.0 Å². The summed E-state index contributed by atoms with van der Waals surface area (Å²) < 4.78 is 49.6. The molecule has 0 fully saturated rings. The zero-order chi connectivity index (χ0) is 10.9. The summed E-state index contributed by atoms with van der Waals surface area (Å²) in [5.74, 6) is -1.30. The summed E-state index contributed by atoms with van der Waals surface area (Å²) in [6.07, 6.45) is -4.66. The fraction of sp³-hybridized carbons (Fsp3) is 0.250. The lowest BCUT2D eigenvalue weighted by Crippen LogP contribution is -2.11. The summed E-state index contributed by atoms with van der Waals surface area (Å²) in [4.78, 5) is 0. The highest BCUT2D eigenvalue weighted by molar-refractivity contribution is 6.17. The number of hydrogen-bond donors (Lipinski definition) is 1. The summed E-state index contributed by atoms with van der Waals surface area (Å²) in [5, 5.41) is 0. The molecule has 78 valence electrons. The van der Waals surface area contributed by atoms with Gasteiger partial charge in [-0.2, -0.15) is 13.2 Å². The number of benzene rings is 1. The first-order valence-electron chi connectivity index (χ1n) is 3.57. The van der Waals surface area contributed by atoms with Crippen molar-refractivity contribution in [2.75, 3.05) is 5.73 Å². The maximum Gasteiger partial charge on any atom is 0.418 e. The van der Waals surface area contributed by atoms with E-state index in [1.54, 1.807) is 0 Å². The minimum Gasteiger partial charge on any atom is -0.396 e. The number of nitrogens with two attached hydrogens (primary N) is 1. The fourth-order valence-corrected chi connectivity index (χ4v) is 1.14. The number of hydrogen-bond acceptors (Lipinski definition) is 1. The molecule has 0 aliphatic heterocycles. The molecule has 0 saturated carbocycles. The number of rotatable bonds is 1. The minimum absolute atomic E-state index is 0.0469. The highest BCUT2D eigenvalue weighted by Crippen LogP contribution is 2.35. The van der Waals surface area contributed by atoms with Crippen molar-refractivity contribution in [1.29, 1.82) is 0 Å². The Morgan fingerprint density at radius 2 is 1.86 bits per heavy atom. The van der Waals surface area contributed by atoms with Crippen LogP contribution < -0.4 is 5.73 Å². The molecule has 0 heterocycles. The number of anilines is 1. The molecular weight excluding hydrogens is 222 g/mol. The molecule has 1 rings (SSSR count). The predicted molar refractivity (Wildman–Crippen MR) is 45.4 cm³/mol. The molecule has 14 heavy (non-hydrogen) atoms. The van der Waals surface area contributed by atoms with Gasteiger partial charge < -0.3 is 5.73 Å². The van der Waals surface area contributed by atoms with Crippen molar-refractivity contribution in [2.45, 2.75) is 12.1 Å². The zero-order valence-corrected chi connectivity index (χ0v) is 7.58. The molecule has 0 atom stereocenters. The van der Waals surface area contributed by atoms with Crippen LogP contribution in [0.5, 0.6) is 0 Å². The first-order valence-corrected chi connectivity index (χ1v) is 4.10. The third-order valence-corrected chi connectivity index (χ3v) is 1.96. The molecule has 0 bridgehead atoms. The van der Waals surface area contributed by atoms with Gasteiger partial charge in [0.2, 0.25) is 0 Å². The standard InChI is InChI=1S/C8H6ClF4N/c9-3-4-1-5(8(11,12)13)7(14)6(10)2-4/h1-2H,3,14H2. The number of halogens is 5. The van der Waals surface area contributed by atoms with E-state index >= 15 is 0 Å². The maximum absolute atomic E-state index is 12.9. The van der Waals surface area contributed by atoms with E-state index < -0.39 is 23.2 Å². The smallest absolute Gasteiger partial charge is 0.396 e. The molecule has 0 aliphatic carbocycles. The van der Waals surface area contributed by atoms with E-state index in [4.69, 9.17) is 17.3 Å². The lowest BCUT2D eigenvalue weighted by molar-refractivity contribution is -0.137. The van der Waals surface area contributed by atoms with Crippen LogP contribution >= 0.6 is 11.6 Å². The van der Waals surface area contributed by atoms with Gasteiger partial charge in [-0.05, 0) is 17.7 Å². The van der Waals surface area contributed by atoms with E-state index in [-0.39, 0.29) is 11.4 Å². The molecule has 1 nitrogen and oxygen atoms in total. The van der Waals surface area contributed by atoms with Crippen molar-refractivity contribution in [3.05, 3.63) is 29.1 Å². The Labute approximate surface area is 82.5 Å². The average Bonchev–Trinajstić information content (AvgIpc) is 2.07. The van der Waals surface area contributed by atoms with E-state index in [1.807, 2.05) is 0 Å². The highest BCUT2D eigenvalue weighted by atomic mass is 35.5. The van der Waals surface area contributed by atoms with Gasteiger partial charge in [-0.3, -0.25) is 0 Å². The summed E-state index contributed by atoms with van der Waals surface area (Å²) in [7, 11) is 0. The monoisotopic (exact) mass is 227 g/mol. The highest BCUT2D eigenvalue weighted by Gasteiger charge is 2.34. The maximum atomic E-state index is 12.9. The number of alkyl halides is 4. The molecule has 6 heteroatoms. The van der Waals surface area contributed by atoms with Gasteiger partial charge in [-0.1, -0.05) is 0 Å². The Bertz CT molecular complexity index is 348. The molecule has 0 radical (unpaired) electrons. The Balaban J connectivity index is 3.35. The first-order chi connectivity index (χ1) is 6.36. The van der Waals surface area contributed by atoms with Gasteiger partial charge in [0.15, 0.2) is 0 Å². The zero-order valence-electron chi connectivity index (χ0n) is 6.83. The molecule has 0 aliphatic rings. The second-order valence-corrected chi connectivity index (χ2v) is 2.94. The van der Waals surface area contributed by atoms with Crippen molar-refractivity contribution in [2.24, 2.45) is 0 Å².